The summed E-state index contributed by atoms with van der Waals surface area (Å²) in [6, 6.07) is 6.65. The number of methoxy groups -OCH3 is 2. The number of aryl methyl sites for hydroxylation is 1. The quantitative estimate of drug-likeness (QED) is 0.281. The highest BCUT2D eigenvalue weighted by molar-refractivity contribution is 5.89. The lowest BCUT2D eigenvalue weighted by Crippen LogP contribution is -2.43. The van der Waals surface area contributed by atoms with Gasteiger partial charge in [-0.2, -0.15) is 0 Å². The number of ether oxygens (including phenoxy) is 2. The largest absolute Gasteiger partial charge is 0.508 e. The van der Waals surface area contributed by atoms with Gasteiger partial charge in [-0.05, 0) is 42.3 Å². The Kier molecular flexibility index (Phi) is 6.37. The molecule has 1 atom stereocenters. The van der Waals surface area contributed by atoms with Crippen LogP contribution in [0.15, 0.2) is 45.7 Å². The normalized spacial score (nSPS) is 12.0. The molecule has 0 bridgehead atoms. The van der Waals surface area contributed by atoms with Crippen molar-refractivity contribution < 1.29 is 33.7 Å². The molecular formula is C25H24N2O8. The number of rotatable bonds is 8. The highest BCUT2D eigenvalue weighted by atomic mass is 16.5. The number of carbonyl (C=O) groups excluding carboxylic acids is 1. The predicted octanol–water partition coefficient (Wildman–Crippen LogP) is 2.66. The van der Waals surface area contributed by atoms with E-state index in [-0.39, 0.29) is 29.7 Å². The molecule has 0 aliphatic heterocycles. The molecule has 0 fully saturated rings. The molecule has 0 unspecified atom stereocenters. The number of carboxylic acids is 1. The molecule has 2 heterocycles. The standard InChI is InChI=1S/C25H24N2O8/c1-12-15-8-21(33-2)22(34-3)10-20(15)35-25(32)16(12)9-23(29)27-19(24(30)31)6-13-11-26-18-5-4-14(28)7-17(13)18/h4-5,7-8,10-11,19,26,28H,6,9H2,1-3H3,(H,27,29)(H,30,31)/t19-/m1/s1. The zero-order valence-corrected chi connectivity index (χ0v) is 19.3. The van der Waals surface area contributed by atoms with Crippen LogP contribution in [0.1, 0.15) is 16.7 Å². The average Bonchev–Trinajstić information content (AvgIpc) is 3.22. The summed E-state index contributed by atoms with van der Waals surface area (Å²) in [5, 5.41) is 23.2. The third-order valence-corrected chi connectivity index (χ3v) is 5.94. The number of aromatic amines is 1. The van der Waals surface area contributed by atoms with Gasteiger partial charge in [0.15, 0.2) is 11.5 Å². The van der Waals surface area contributed by atoms with Crippen LogP contribution in [0.3, 0.4) is 0 Å². The molecular weight excluding hydrogens is 456 g/mol. The number of aromatic hydroxyl groups is 1. The van der Waals surface area contributed by atoms with Crippen LogP contribution in [0, 0.1) is 6.92 Å². The van der Waals surface area contributed by atoms with E-state index >= 15 is 0 Å². The van der Waals surface area contributed by atoms with Crippen molar-refractivity contribution in [3.63, 3.8) is 0 Å². The maximum absolute atomic E-state index is 12.8. The SMILES string of the molecule is COc1cc2oc(=O)c(CC(=O)N[C@H](Cc3c[nH]c4ccc(O)cc34)C(=O)O)c(C)c2cc1OC. The van der Waals surface area contributed by atoms with Crippen molar-refractivity contribution in [2.75, 3.05) is 14.2 Å². The third kappa shape index (κ3) is 4.63. The van der Waals surface area contributed by atoms with Crippen LogP contribution in [0.5, 0.6) is 17.2 Å². The van der Waals surface area contributed by atoms with Crippen LogP contribution in [0.2, 0.25) is 0 Å². The van der Waals surface area contributed by atoms with Gasteiger partial charge in [0.1, 0.15) is 17.4 Å². The van der Waals surface area contributed by atoms with Crippen LogP contribution >= 0.6 is 0 Å². The molecule has 4 rings (SSSR count). The van der Waals surface area contributed by atoms with Crippen LogP contribution < -0.4 is 20.4 Å². The first-order chi connectivity index (χ1) is 16.7. The van der Waals surface area contributed by atoms with Gasteiger partial charge in [0, 0.05) is 35.0 Å². The molecule has 0 saturated carbocycles. The fraction of sp³-hybridized carbons (Fsp3) is 0.240. The minimum absolute atomic E-state index is 0.0210. The van der Waals surface area contributed by atoms with Crippen LogP contribution in [-0.4, -0.2) is 47.3 Å². The molecule has 0 spiro atoms. The molecule has 0 aliphatic carbocycles. The molecule has 2 aromatic heterocycles. The van der Waals surface area contributed by atoms with Gasteiger partial charge in [0.25, 0.3) is 0 Å². The first-order valence-electron chi connectivity index (χ1n) is 10.7. The van der Waals surface area contributed by atoms with E-state index in [4.69, 9.17) is 13.9 Å². The second-order valence-corrected chi connectivity index (χ2v) is 8.08. The number of amides is 1. The lowest BCUT2D eigenvalue weighted by molar-refractivity contribution is -0.141. The zero-order chi connectivity index (χ0) is 25.3. The minimum Gasteiger partial charge on any atom is -0.508 e. The van der Waals surface area contributed by atoms with E-state index in [1.54, 1.807) is 25.3 Å². The summed E-state index contributed by atoms with van der Waals surface area (Å²) in [5.41, 5.74) is 1.56. The summed E-state index contributed by atoms with van der Waals surface area (Å²) < 4.78 is 15.9. The Morgan fingerprint density at radius 1 is 1.11 bits per heavy atom. The Morgan fingerprint density at radius 2 is 1.83 bits per heavy atom. The molecule has 182 valence electrons. The molecule has 1 amide bonds. The molecule has 4 N–H and O–H groups in total. The number of hydrogen-bond acceptors (Lipinski definition) is 7. The van der Waals surface area contributed by atoms with Gasteiger partial charge in [-0.3, -0.25) is 4.79 Å². The van der Waals surface area contributed by atoms with E-state index in [1.807, 2.05) is 0 Å². The lowest BCUT2D eigenvalue weighted by atomic mass is 10.0. The second-order valence-electron chi connectivity index (χ2n) is 8.08. The number of phenolic OH excluding ortho intramolecular Hbond substituents is 1. The lowest BCUT2D eigenvalue weighted by Gasteiger charge is -2.15. The number of nitrogens with one attached hydrogen (secondary N) is 2. The fourth-order valence-corrected chi connectivity index (χ4v) is 4.08. The van der Waals surface area contributed by atoms with Crippen molar-refractivity contribution in [1.82, 2.24) is 10.3 Å². The van der Waals surface area contributed by atoms with Gasteiger partial charge in [0.05, 0.1) is 26.2 Å². The van der Waals surface area contributed by atoms with Crippen LogP contribution in [0.25, 0.3) is 21.9 Å². The Labute approximate surface area is 199 Å². The number of carbonyl (C=O) groups is 2. The summed E-state index contributed by atoms with van der Waals surface area (Å²) in [4.78, 5) is 40.3. The number of H-pyrrole nitrogens is 1. The highest BCUT2D eigenvalue weighted by Gasteiger charge is 2.24. The predicted molar refractivity (Wildman–Crippen MR) is 127 cm³/mol. The number of phenols is 1. The minimum atomic E-state index is -1.25. The monoisotopic (exact) mass is 480 g/mol. The molecule has 0 saturated heterocycles. The molecule has 10 nitrogen and oxygen atoms in total. The Morgan fingerprint density at radius 3 is 2.51 bits per heavy atom. The maximum Gasteiger partial charge on any atom is 0.340 e. The zero-order valence-electron chi connectivity index (χ0n) is 19.3. The Hall–Kier alpha value is -4.47. The summed E-state index contributed by atoms with van der Waals surface area (Å²) in [5.74, 6) is -1.00. The van der Waals surface area contributed by atoms with Crippen LogP contribution in [0.4, 0.5) is 0 Å². The molecule has 35 heavy (non-hydrogen) atoms. The highest BCUT2D eigenvalue weighted by Crippen LogP contribution is 2.33. The summed E-state index contributed by atoms with van der Waals surface area (Å²) in [6.45, 7) is 1.68. The van der Waals surface area contributed by atoms with Crippen LogP contribution in [-0.2, 0) is 22.4 Å². The Balaban J connectivity index is 1.59. The number of hydrogen-bond donors (Lipinski definition) is 4. The number of carboxylic acid groups (broad SMARTS) is 1. The van der Waals surface area contributed by atoms with Gasteiger partial charge in [0.2, 0.25) is 5.91 Å². The van der Waals surface area contributed by atoms with Gasteiger partial charge < -0.3 is 34.4 Å². The third-order valence-electron chi connectivity index (χ3n) is 5.94. The fourth-order valence-electron chi connectivity index (χ4n) is 4.08. The van der Waals surface area contributed by atoms with E-state index in [1.165, 1.54) is 32.4 Å². The number of fused-ring (bicyclic) bond motifs is 2. The van der Waals surface area contributed by atoms with Crippen molar-refractivity contribution in [3.05, 3.63) is 63.6 Å². The van der Waals surface area contributed by atoms with Gasteiger partial charge in [-0.25, -0.2) is 9.59 Å². The van der Waals surface area contributed by atoms with E-state index in [0.29, 0.717) is 33.4 Å². The van der Waals surface area contributed by atoms with E-state index in [0.717, 1.165) is 5.52 Å². The Bertz CT molecular complexity index is 1500. The van der Waals surface area contributed by atoms with Crippen molar-refractivity contribution in [2.45, 2.75) is 25.8 Å². The maximum atomic E-state index is 12.8. The van der Waals surface area contributed by atoms with Gasteiger partial charge >= 0.3 is 11.6 Å². The molecule has 4 aromatic rings. The van der Waals surface area contributed by atoms with E-state index in [9.17, 15) is 24.6 Å². The average molecular weight is 480 g/mol. The molecule has 0 radical (unpaired) electrons. The number of aliphatic carboxylic acids is 1. The van der Waals surface area contributed by atoms with Gasteiger partial charge in [-0.1, -0.05) is 0 Å². The second kappa shape index (κ2) is 9.41. The molecule has 0 aliphatic rings. The van der Waals surface area contributed by atoms with Crippen molar-refractivity contribution in [2.24, 2.45) is 0 Å². The van der Waals surface area contributed by atoms with Gasteiger partial charge in [-0.15, -0.1) is 0 Å². The number of aromatic nitrogens is 1. The van der Waals surface area contributed by atoms with E-state index in [2.05, 4.69) is 10.3 Å². The summed E-state index contributed by atoms with van der Waals surface area (Å²) in [7, 11) is 2.94. The van der Waals surface area contributed by atoms with Crippen molar-refractivity contribution in [1.29, 1.82) is 0 Å². The van der Waals surface area contributed by atoms with E-state index < -0.39 is 23.5 Å². The first-order valence-corrected chi connectivity index (χ1v) is 10.7. The smallest absolute Gasteiger partial charge is 0.340 e. The summed E-state index contributed by atoms with van der Waals surface area (Å²) >= 11 is 0. The van der Waals surface area contributed by atoms with Crippen molar-refractivity contribution in [3.8, 4) is 17.2 Å². The van der Waals surface area contributed by atoms with Crippen molar-refractivity contribution >= 4 is 33.7 Å². The molecule has 2 aromatic carbocycles. The number of benzene rings is 2. The topological polar surface area (TPSA) is 151 Å². The first kappa shape index (κ1) is 23.7. The molecule has 10 heteroatoms. The summed E-state index contributed by atoms with van der Waals surface area (Å²) in [6.07, 6.45) is 1.25.